The number of nitrogens with zero attached hydrogens (tertiary/aromatic N) is 3. The first kappa shape index (κ1) is 20.9. The Bertz CT molecular complexity index is 1220. The zero-order valence-corrected chi connectivity index (χ0v) is 18.7. The van der Waals surface area contributed by atoms with Gasteiger partial charge in [-0.05, 0) is 62.1 Å². The lowest BCUT2D eigenvalue weighted by Crippen LogP contribution is -2.32. The fourth-order valence-electron chi connectivity index (χ4n) is 3.98. The summed E-state index contributed by atoms with van der Waals surface area (Å²) in [6, 6.07) is 20.6. The van der Waals surface area contributed by atoms with E-state index in [-0.39, 0.29) is 5.91 Å². The lowest BCUT2D eigenvalue weighted by Gasteiger charge is -2.21. The maximum absolute atomic E-state index is 13.4. The Morgan fingerprint density at radius 3 is 2.42 bits per heavy atom. The van der Waals surface area contributed by atoms with Gasteiger partial charge < -0.3 is 9.30 Å². The Hall–Kier alpha value is -3.40. The van der Waals surface area contributed by atoms with Gasteiger partial charge in [-0.3, -0.25) is 4.79 Å². The van der Waals surface area contributed by atoms with E-state index in [2.05, 4.69) is 61.6 Å². The van der Waals surface area contributed by atoms with Gasteiger partial charge in [0.25, 0.3) is 0 Å². The number of hydrogen-bond acceptors (Lipinski definition) is 2. The summed E-state index contributed by atoms with van der Waals surface area (Å²) in [5.74, 6) is 0.111. The lowest BCUT2D eigenvalue weighted by molar-refractivity contribution is -0.130. The molecule has 158 valence electrons. The third-order valence-electron chi connectivity index (χ3n) is 5.99. The van der Waals surface area contributed by atoms with Crippen molar-refractivity contribution < 1.29 is 4.79 Å². The van der Waals surface area contributed by atoms with Crippen molar-refractivity contribution in [2.45, 2.75) is 40.7 Å². The molecule has 1 amide bonds. The number of imidazole rings is 1. The van der Waals surface area contributed by atoms with Crippen LogP contribution in [-0.2, 0) is 17.8 Å². The number of amides is 1. The number of fused-ring (bicyclic) bond motifs is 1. The van der Waals surface area contributed by atoms with E-state index in [9.17, 15) is 4.79 Å². The summed E-state index contributed by atoms with van der Waals surface area (Å²) in [5.41, 5.74) is 8.51. The molecule has 2 aromatic carbocycles. The Kier molecular flexibility index (Phi) is 5.90. The van der Waals surface area contributed by atoms with Gasteiger partial charge in [-0.2, -0.15) is 0 Å². The fraction of sp³-hybridized carbons (Fsp3) is 0.259. The largest absolute Gasteiger partial charge is 0.338 e. The molecule has 2 aromatic heterocycles. The van der Waals surface area contributed by atoms with Crippen LogP contribution in [0.15, 0.2) is 66.9 Å². The summed E-state index contributed by atoms with van der Waals surface area (Å²) in [5, 5.41) is 0. The third kappa shape index (κ3) is 4.24. The average Bonchev–Trinajstić information content (AvgIpc) is 3.14. The summed E-state index contributed by atoms with van der Waals surface area (Å²) in [6.45, 7) is 9.60. The zero-order valence-electron chi connectivity index (χ0n) is 18.7. The van der Waals surface area contributed by atoms with Crippen LogP contribution in [0.3, 0.4) is 0 Å². The Morgan fingerprint density at radius 2 is 1.71 bits per heavy atom. The summed E-state index contributed by atoms with van der Waals surface area (Å²) >= 11 is 0. The highest BCUT2D eigenvalue weighted by Crippen LogP contribution is 2.28. The molecule has 0 saturated heterocycles. The van der Waals surface area contributed by atoms with Crippen LogP contribution in [-0.4, -0.2) is 26.7 Å². The highest BCUT2D eigenvalue weighted by Gasteiger charge is 2.21. The van der Waals surface area contributed by atoms with Crippen LogP contribution in [0.5, 0.6) is 0 Å². The van der Waals surface area contributed by atoms with Crippen molar-refractivity contribution >= 4 is 11.6 Å². The molecule has 4 rings (SSSR count). The minimum Gasteiger partial charge on any atom is -0.338 e. The predicted octanol–water partition coefficient (Wildman–Crippen LogP) is 5.52. The van der Waals surface area contributed by atoms with Gasteiger partial charge in [-0.1, -0.05) is 48.5 Å². The molecule has 4 heteroatoms. The number of carbonyl (C=O) groups is 1. The van der Waals surface area contributed by atoms with E-state index >= 15 is 0 Å². The van der Waals surface area contributed by atoms with Crippen molar-refractivity contribution in [2.75, 3.05) is 6.54 Å². The number of likely N-dealkylation sites (N-methyl/N-ethyl adjacent to an activating group) is 1. The van der Waals surface area contributed by atoms with Gasteiger partial charge in [0.15, 0.2) is 0 Å². The molecular weight excluding hydrogens is 382 g/mol. The number of carbonyl (C=O) groups excluding carboxylic acids is 1. The minimum atomic E-state index is 0.111. The SMILES string of the molecule is CCN(Cc1ccccc1)C(=O)Cc1c(-c2ccc(C)c(C)c2)nc2c(C)cccn12. The Balaban J connectivity index is 1.74. The first-order valence-electron chi connectivity index (χ1n) is 10.8. The van der Waals surface area contributed by atoms with Crippen molar-refractivity contribution in [3.63, 3.8) is 0 Å². The highest BCUT2D eigenvalue weighted by atomic mass is 16.2. The smallest absolute Gasteiger partial charge is 0.228 e. The molecule has 4 aromatic rings. The molecule has 0 bridgehead atoms. The molecule has 0 aliphatic rings. The number of benzene rings is 2. The van der Waals surface area contributed by atoms with Crippen molar-refractivity contribution in [2.24, 2.45) is 0 Å². The molecule has 0 aliphatic carbocycles. The van der Waals surface area contributed by atoms with Crippen molar-refractivity contribution in [3.05, 3.63) is 94.8 Å². The van der Waals surface area contributed by atoms with Crippen molar-refractivity contribution in [1.29, 1.82) is 0 Å². The predicted molar refractivity (Wildman–Crippen MR) is 126 cm³/mol. The highest BCUT2D eigenvalue weighted by molar-refractivity contribution is 5.82. The number of rotatable bonds is 6. The van der Waals surface area contributed by atoms with Crippen LogP contribution in [0, 0.1) is 20.8 Å². The molecule has 31 heavy (non-hydrogen) atoms. The van der Waals surface area contributed by atoms with E-state index in [4.69, 9.17) is 4.98 Å². The summed E-state index contributed by atoms with van der Waals surface area (Å²) < 4.78 is 2.08. The van der Waals surface area contributed by atoms with E-state index in [1.165, 1.54) is 11.1 Å². The standard InChI is InChI=1S/C27H29N3O/c1-5-29(18-22-11-7-6-8-12-22)25(31)17-24-26(23-14-13-19(2)21(4)16-23)28-27-20(3)10-9-15-30(24)27/h6-16H,5,17-18H2,1-4H3. The van der Waals surface area contributed by atoms with Crippen molar-refractivity contribution in [3.8, 4) is 11.3 Å². The molecule has 0 radical (unpaired) electrons. The monoisotopic (exact) mass is 411 g/mol. The number of aromatic nitrogens is 2. The van der Waals surface area contributed by atoms with Gasteiger partial charge in [0, 0.05) is 24.8 Å². The van der Waals surface area contributed by atoms with Crippen LogP contribution in [0.25, 0.3) is 16.9 Å². The first-order valence-corrected chi connectivity index (χ1v) is 10.8. The van der Waals surface area contributed by atoms with Crippen LogP contribution in [0.2, 0.25) is 0 Å². The maximum Gasteiger partial charge on any atom is 0.228 e. The van der Waals surface area contributed by atoms with E-state index < -0.39 is 0 Å². The third-order valence-corrected chi connectivity index (χ3v) is 5.99. The molecule has 2 heterocycles. The molecule has 4 nitrogen and oxygen atoms in total. The van der Waals surface area contributed by atoms with Gasteiger partial charge in [0.05, 0.1) is 17.8 Å². The van der Waals surface area contributed by atoms with E-state index in [0.29, 0.717) is 19.5 Å². The van der Waals surface area contributed by atoms with E-state index in [1.807, 2.05) is 42.3 Å². The average molecular weight is 412 g/mol. The molecule has 0 atom stereocenters. The molecule has 0 unspecified atom stereocenters. The molecule has 0 saturated carbocycles. The van der Waals surface area contributed by atoms with Crippen LogP contribution in [0.4, 0.5) is 0 Å². The summed E-state index contributed by atoms with van der Waals surface area (Å²) in [7, 11) is 0. The molecule has 0 fully saturated rings. The maximum atomic E-state index is 13.4. The molecule has 0 N–H and O–H groups in total. The fourth-order valence-corrected chi connectivity index (χ4v) is 3.98. The topological polar surface area (TPSA) is 37.6 Å². The molecule has 0 aliphatic heterocycles. The van der Waals surface area contributed by atoms with E-state index in [1.54, 1.807) is 0 Å². The first-order chi connectivity index (χ1) is 15.0. The Labute approximate surface area is 184 Å². The van der Waals surface area contributed by atoms with Gasteiger partial charge in [-0.15, -0.1) is 0 Å². The van der Waals surface area contributed by atoms with Crippen LogP contribution < -0.4 is 0 Å². The second-order valence-corrected chi connectivity index (χ2v) is 8.16. The number of hydrogen-bond donors (Lipinski definition) is 0. The second-order valence-electron chi connectivity index (χ2n) is 8.16. The molecular formula is C27H29N3O. The summed E-state index contributed by atoms with van der Waals surface area (Å²) in [6.07, 6.45) is 2.32. The normalized spacial score (nSPS) is 11.1. The van der Waals surface area contributed by atoms with Crippen molar-refractivity contribution in [1.82, 2.24) is 14.3 Å². The van der Waals surface area contributed by atoms with Crippen LogP contribution in [0.1, 0.15) is 34.9 Å². The Morgan fingerprint density at radius 1 is 0.935 bits per heavy atom. The van der Waals surface area contributed by atoms with Gasteiger partial charge in [0.2, 0.25) is 5.91 Å². The van der Waals surface area contributed by atoms with E-state index in [0.717, 1.165) is 33.7 Å². The number of aryl methyl sites for hydroxylation is 3. The minimum absolute atomic E-state index is 0.111. The molecule has 0 spiro atoms. The van der Waals surface area contributed by atoms with Gasteiger partial charge >= 0.3 is 0 Å². The number of pyridine rings is 1. The quantitative estimate of drug-likeness (QED) is 0.419. The summed E-state index contributed by atoms with van der Waals surface area (Å²) in [4.78, 5) is 20.2. The van der Waals surface area contributed by atoms with Gasteiger partial charge in [0.1, 0.15) is 5.65 Å². The second kappa shape index (κ2) is 8.76. The van der Waals surface area contributed by atoms with Crippen LogP contribution >= 0.6 is 0 Å². The van der Waals surface area contributed by atoms with Gasteiger partial charge in [-0.25, -0.2) is 4.98 Å². The zero-order chi connectivity index (χ0) is 22.0. The lowest BCUT2D eigenvalue weighted by atomic mass is 10.0.